The minimum atomic E-state index is -0.160. The Morgan fingerprint density at radius 3 is 2.67 bits per heavy atom. The lowest BCUT2D eigenvalue weighted by molar-refractivity contribution is 0.411. The molecule has 1 aromatic carbocycles. The Bertz CT molecular complexity index is 347. The number of hydrogen-bond acceptors (Lipinski definition) is 2. The Morgan fingerprint density at radius 2 is 2.08 bits per heavy atom. The molecule has 0 N–H and O–H groups in total. The molecule has 1 aromatic rings. The largest absolute Gasteiger partial charge is 0.493 e. The van der Waals surface area contributed by atoms with E-state index in [2.05, 4.69) is 0 Å². The van der Waals surface area contributed by atoms with Crippen LogP contribution in [0.2, 0.25) is 5.02 Å². The number of halogens is 1. The summed E-state index contributed by atoms with van der Waals surface area (Å²) >= 11 is 5.80. The average molecular weight is 185 g/mol. The molecule has 0 fully saturated rings. The molecule has 0 aromatic heterocycles. The molecule has 0 spiro atoms. The standard InChI is InChI=1S/C9H9ClO2/c1-6-5-9(12-2)8(11)4-3-7(6)10/h3-5H,1-2H3. The molecule has 0 aliphatic heterocycles. The lowest BCUT2D eigenvalue weighted by Gasteiger charge is -1.93. The first-order valence-corrected chi connectivity index (χ1v) is 3.87. The maximum absolute atomic E-state index is 11.2. The molecule has 0 saturated carbocycles. The fourth-order valence-corrected chi connectivity index (χ4v) is 0.976. The van der Waals surface area contributed by atoms with Crippen LogP contribution in [0.4, 0.5) is 0 Å². The van der Waals surface area contributed by atoms with Gasteiger partial charge in [0.15, 0.2) is 5.75 Å². The predicted molar refractivity (Wildman–Crippen MR) is 49.0 cm³/mol. The molecule has 0 aliphatic carbocycles. The highest BCUT2D eigenvalue weighted by Gasteiger charge is 1.98. The fraction of sp³-hybridized carbons (Fsp3) is 0.222. The van der Waals surface area contributed by atoms with Crippen LogP contribution in [0.1, 0.15) is 5.56 Å². The van der Waals surface area contributed by atoms with E-state index in [1.54, 1.807) is 12.1 Å². The van der Waals surface area contributed by atoms with E-state index in [4.69, 9.17) is 16.3 Å². The van der Waals surface area contributed by atoms with Crippen LogP contribution >= 0.6 is 11.6 Å². The Labute approximate surface area is 75.8 Å². The quantitative estimate of drug-likeness (QED) is 0.668. The van der Waals surface area contributed by atoms with Gasteiger partial charge in [0, 0.05) is 5.02 Å². The normalized spacial score (nSPS) is 9.58. The van der Waals surface area contributed by atoms with Gasteiger partial charge in [-0.1, -0.05) is 11.6 Å². The van der Waals surface area contributed by atoms with Crippen molar-refractivity contribution in [2.75, 3.05) is 7.11 Å². The van der Waals surface area contributed by atoms with Crippen LogP contribution in [0.15, 0.2) is 23.0 Å². The molecule has 0 saturated heterocycles. The lowest BCUT2D eigenvalue weighted by atomic mass is 10.3. The molecule has 2 nitrogen and oxygen atoms in total. The van der Waals surface area contributed by atoms with Crippen LogP contribution in [0.25, 0.3) is 0 Å². The third-order valence-electron chi connectivity index (χ3n) is 1.57. The van der Waals surface area contributed by atoms with Crippen molar-refractivity contribution >= 4 is 11.6 Å². The molecular weight excluding hydrogens is 176 g/mol. The molecule has 1 rings (SSSR count). The predicted octanol–water partition coefficient (Wildman–Crippen LogP) is 2.02. The summed E-state index contributed by atoms with van der Waals surface area (Å²) in [5, 5.41) is 0.565. The van der Waals surface area contributed by atoms with E-state index in [9.17, 15) is 4.79 Å². The minimum absolute atomic E-state index is 0.160. The van der Waals surface area contributed by atoms with E-state index in [0.717, 1.165) is 5.56 Å². The summed E-state index contributed by atoms with van der Waals surface area (Å²) in [6, 6.07) is 4.60. The molecule has 64 valence electrons. The van der Waals surface area contributed by atoms with Crippen molar-refractivity contribution < 1.29 is 4.74 Å². The molecule has 12 heavy (non-hydrogen) atoms. The van der Waals surface area contributed by atoms with E-state index in [-0.39, 0.29) is 5.43 Å². The maximum atomic E-state index is 11.2. The zero-order valence-corrected chi connectivity index (χ0v) is 7.68. The number of hydrogen-bond donors (Lipinski definition) is 0. The van der Waals surface area contributed by atoms with Gasteiger partial charge in [0.2, 0.25) is 5.43 Å². The number of rotatable bonds is 1. The first-order valence-electron chi connectivity index (χ1n) is 3.49. The fourth-order valence-electron chi connectivity index (χ4n) is 0.859. The Hall–Kier alpha value is -1.02. The smallest absolute Gasteiger partial charge is 0.220 e. The van der Waals surface area contributed by atoms with Crippen LogP contribution in [0.3, 0.4) is 0 Å². The van der Waals surface area contributed by atoms with Crippen LogP contribution in [-0.2, 0) is 0 Å². The first kappa shape index (κ1) is 9.07. The van der Waals surface area contributed by atoms with Gasteiger partial charge in [-0.15, -0.1) is 0 Å². The number of aryl methyl sites for hydroxylation is 1. The number of methoxy groups -OCH3 is 1. The average Bonchev–Trinajstić information content (AvgIpc) is 2.18. The third kappa shape index (κ3) is 1.77. The topological polar surface area (TPSA) is 26.3 Å². The molecule has 0 radical (unpaired) electrons. The Balaban J connectivity index is 3.46. The number of ether oxygens (including phenoxy) is 1. The van der Waals surface area contributed by atoms with Crippen molar-refractivity contribution in [1.29, 1.82) is 0 Å². The second-order valence-electron chi connectivity index (χ2n) is 2.44. The van der Waals surface area contributed by atoms with Crippen molar-refractivity contribution in [3.8, 4) is 5.75 Å². The first-order chi connectivity index (χ1) is 5.65. The van der Waals surface area contributed by atoms with Gasteiger partial charge < -0.3 is 4.74 Å². The monoisotopic (exact) mass is 184 g/mol. The van der Waals surface area contributed by atoms with Crippen LogP contribution < -0.4 is 10.2 Å². The lowest BCUT2D eigenvalue weighted by Crippen LogP contribution is -1.99. The Kier molecular flexibility index (Phi) is 2.71. The molecular formula is C9H9ClO2. The summed E-state index contributed by atoms with van der Waals surface area (Å²) in [6.45, 7) is 1.82. The van der Waals surface area contributed by atoms with Gasteiger partial charge in [0.25, 0.3) is 0 Å². The molecule has 3 heteroatoms. The van der Waals surface area contributed by atoms with Crippen molar-refractivity contribution in [3.63, 3.8) is 0 Å². The minimum Gasteiger partial charge on any atom is -0.493 e. The van der Waals surface area contributed by atoms with E-state index in [1.165, 1.54) is 13.2 Å². The van der Waals surface area contributed by atoms with Crippen LogP contribution in [-0.4, -0.2) is 7.11 Å². The van der Waals surface area contributed by atoms with Gasteiger partial charge in [-0.05, 0) is 30.7 Å². The van der Waals surface area contributed by atoms with Crippen LogP contribution in [0.5, 0.6) is 5.75 Å². The second kappa shape index (κ2) is 3.59. The van der Waals surface area contributed by atoms with Crippen LogP contribution in [0, 0.1) is 6.92 Å². The SMILES string of the molecule is COc1cc(C)c(Cl)ccc1=O. The molecule has 0 atom stereocenters. The zero-order valence-electron chi connectivity index (χ0n) is 6.93. The summed E-state index contributed by atoms with van der Waals surface area (Å²) in [5.74, 6) is 0.319. The van der Waals surface area contributed by atoms with E-state index < -0.39 is 0 Å². The second-order valence-corrected chi connectivity index (χ2v) is 2.85. The van der Waals surface area contributed by atoms with Crippen molar-refractivity contribution in [3.05, 3.63) is 39.0 Å². The molecule has 0 bridgehead atoms. The van der Waals surface area contributed by atoms with Gasteiger partial charge >= 0.3 is 0 Å². The van der Waals surface area contributed by atoms with Gasteiger partial charge in [0.05, 0.1) is 7.11 Å². The van der Waals surface area contributed by atoms with Gasteiger partial charge in [-0.2, -0.15) is 0 Å². The van der Waals surface area contributed by atoms with E-state index >= 15 is 0 Å². The van der Waals surface area contributed by atoms with Gasteiger partial charge in [-0.3, -0.25) is 4.79 Å². The molecule has 0 aliphatic rings. The third-order valence-corrected chi connectivity index (χ3v) is 1.99. The van der Waals surface area contributed by atoms with Crippen molar-refractivity contribution in [1.82, 2.24) is 0 Å². The molecule has 0 unspecified atom stereocenters. The van der Waals surface area contributed by atoms with Gasteiger partial charge in [0.1, 0.15) is 0 Å². The summed E-state index contributed by atoms with van der Waals surface area (Å²) in [7, 11) is 1.46. The summed E-state index contributed by atoms with van der Waals surface area (Å²) in [6.07, 6.45) is 0. The zero-order chi connectivity index (χ0) is 9.14. The van der Waals surface area contributed by atoms with Crippen molar-refractivity contribution in [2.24, 2.45) is 0 Å². The summed E-state index contributed by atoms with van der Waals surface area (Å²) in [4.78, 5) is 11.2. The molecule has 0 amide bonds. The summed E-state index contributed by atoms with van der Waals surface area (Å²) in [5.41, 5.74) is 0.670. The highest BCUT2D eigenvalue weighted by atomic mass is 35.5. The van der Waals surface area contributed by atoms with E-state index in [1.807, 2.05) is 6.92 Å². The summed E-state index contributed by atoms with van der Waals surface area (Å²) < 4.78 is 4.87. The highest BCUT2D eigenvalue weighted by Crippen LogP contribution is 2.14. The Morgan fingerprint density at radius 1 is 1.42 bits per heavy atom. The maximum Gasteiger partial charge on any atom is 0.220 e. The van der Waals surface area contributed by atoms with Crippen molar-refractivity contribution in [2.45, 2.75) is 6.92 Å². The van der Waals surface area contributed by atoms with E-state index in [0.29, 0.717) is 10.8 Å². The molecule has 0 heterocycles. The highest BCUT2D eigenvalue weighted by molar-refractivity contribution is 6.31. The van der Waals surface area contributed by atoms with Gasteiger partial charge in [-0.25, -0.2) is 0 Å².